The van der Waals surface area contributed by atoms with Crippen LogP contribution in [0, 0.1) is 0 Å². The molecule has 0 saturated carbocycles. The number of nitrogens with one attached hydrogen (secondary N) is 1. The van der Waals surface area contributed by atoms with E-state index in [4.69, 9.17) is 0 Å². The minimum atomic E-state index is 0.155. The Balaban J connectivity index is 2.33. The van der Waals surface area contributed by atoms with Crippen molar-refractivity contribution in [1.29, 1.82) is 0 Å². The van der Waals surface area contributed by atoms with Gasteiger partial charge in [0.2, 0.25) is 5.91 Å². The van der Waals surface area contributed by atoms with Gasteiger partial charge in [-0.25, -0.2) is 0 Å². The molecule has 0 aliphatic carbocycles. The number of amides is 1. The topological polar surface area (TPSA) is 29.1 Å². The van der Waals surface area contributed by atoms with E-state index in [0.717, 1.165) is 12.8 Å². The van der Waals surface area contributed by atoms with Gasteiger partial charge < -0.3 is 5.32 Å². The minimum Gasteiger partial charge on any atom is -0.349 e. The number of carbonyl (C=O) groups excluding carboxylic acids is 1. The Morgan fingerprint density at radius 2 is 2.21 bits per heavy atom. The van der Waals surface area contributed by atoms with E-state index in [2.05, 4.69) is 24.4 Å². The molecule has 0 radical (unpaired) electrons. The van der Waals surface area contributed by atoms with Crippen LogP contribution in [0.15, 0.2) is 24.3 Å². The van der Waals surface area contributed by atoms with Crippen LogP contribution in [0.3, 0.4) is 0 Å². The fourth-order valence-corrected chi connectivity index (χ4v) is 2.05. The average Bonchev–Trinajstić information content (AvgIpc) is 2.18. The van der Waals surface area contributed by atoms with Gasteiger partial charge >= 0.3 is 0 Å². The van der Waals surface area contributed by atoms with Crippen molar-refractivity contribution in [3.63, 3.8) is 0 Å². The van der Waals surface area contributed by atoms with E-state index in [0.29, 0.717) is 6.42 Å². The van der Waals surface area contributed by atoms with Crippen LogP contribution < -0.4 is 5.32 Å². The first-order chi connectivity index (χ1) is 6.81. The van der Waals surface area contributed by atoms with Crippen LogP contribution in [-0.2, 0) is 11.2 Å². The molecule has 1 aliphatic rings. The lowest BCUT2D eigenvalue weighted by atomic mass is 9.91. The molecule has 1 aromatic carbocycles. The van der Waals surface area contributed by atoms with Gasteiger partial charge in [-0.15, -0.1) is 0 Å². The molecular weight excluding hydrogens is 174 g/mol. The van der Waals surface area contributed by atoms with E-state index in [-0.39, 0.29) is 11.9 Å². The third-order valence-corrected chi connectivity index (χ3v) is 2.69. The Bertz CT molecular complexity index is 346. The molecule has 0 spiro atoms. The molecule has 0 bridgehead atoms. The Labute approximate surface area is 84.3 Å². The summed E-state index contributed by atoms with van der Waals surface area (Å²) in [7, 11) is 0. The van der Waals surface area contributed by atoms with E-state index in [1.165, 1.54) is 11.1 Å². The highest BCUT2D eigenvalue weighted by Gasteiger charge is 2.22. The standard InChI is InChI=1S/C12H15NO/c1-2-5-11-10-7-4-3-6-9(10)8-12(14)13-11/h3-4,6-7,11H,2,5,8H2,1H3,(H,13,14). The number of benzene rings is 1. The molecular formula is C12H15NO. The summed E-state index contributed by atoms with van der Waals surface area (Å²) in [6.07, 6.45) is 2.67. The monoisotopic (exact) mass is 189 g/mol. The number of hydrogen-bond acceptors (Lipinski definition) is 1. The van der Waals surface area contributed by atoms with Gasteiger partial charge in [0.25, 0.3) is 0 Å². The van der Waals surface area contributed by atoms with Crippen molar-refractivity contribution >= 4 is 5.91 Å². The molecule has 14 heavy (non-hydrogen) atoms. The summed E-state index contributed by atoms with van der Waals surface area (Å²) in [6, 6.07) is 8.45. The third kappa shape index (κ3) is 1.65. The van der Waals surface area contributed by atoms with Crippen molar-refractivity contribution in [3.05, 3.63) is 35.4 Å². The number of carbonyl (C=O) groups is 1. The Hall–Kier alpha value is -1.31. The first-order valence-corrected chi connectivity index (χ1v) is 5.18. The maximum Gasteiger partial charge on any atom is 0.224 e. The minimum absolute atomic E-state index is 0.155. The van der Waals surface area contributed by atoms with E-state index in [1.54, 1.807) is 0 Å². The largest absolute Gasteiger partial charge is 0.349 e. The van der Waals surface area contributed by atoms with E-state index >= 15 is 0 Å². The highest BCUT2D eigenvalue weighted by atomic mass is 16.1. The molecule has 2 rings (SSSR count). The Kier molecular flexibility index (Phi) is 2.53. The zero-order valence-corrected chi connectivity index (χ0v) is 8.42. The maximum absolute atomic E-state index is 11.4. The summed E-state index contributed by atoms with van der Waals surface area (Å²) in [6.45, 7) is 2.14. The van der Waals surface area contributed by atoms with Gasteiger partial charge in [-0.2, -0.15) is 0 Å². The molecule has 2 nitrogen and oxygen atoms in total. The van der Waals surface area contributed by atoms with Crippen LogP contribution in [-0.4, -0.2) is 5.91 Å². The fourth-order valence-electron chi connectivity index (χ4n) is 2.05. The SMILES string of the molecule is CCCC1NC(=O)Cc2ccccc21. The van der Waals surface area contributed by atoms with Crippen LogP contribution in [0.5, 0.6) is 0 Å². The van der Waals surface area contributed by atoms with Crippen LogP contribution in [0.2, 0.25) is 0 Å². The van der Waals surface area contributed by atoms with E-state index in [9.17, 15) is 4.79 Å². The molecule has 74 valence electrons. The molecule has 0 fully saturated rings. The predicted molar refractivity (Wildman–Crippen MR) is 55.9 cm³/mol. The summed E-state index contributed by atoms with van der Waals surface area (Å²) in [5.74, 6) is 0.155. The molecule has 0 saturated heterocycles. The van der Waals surface area contributed by atoms with Gasteiger partial charge in [0, 0.05) is 0 Å². The van der Waals surface area contributed by atoms with Gasteiger partial charge in [0.1, 0.15) is 0 Å². The van der Waals surface area contributed by atoms with Gasteiger partial charge in [-0.1, -0.05) is 37.6 Å². The maximum atomic E-state index is 11.4. The number of hydrogen-bond donors (Lipinski definition) is 1. The van der Waals surface area contributed by atoms with E-state index in [1.807, 2.05) is 12.1 Å². The number of rotatable bonds is 2. The molecule has 1 unspecified atom stereocenters. The fraction of sp³-hybridized carbons (Fsp3) is 0.417. The second-order valence-electron chi connectivity index (χ2n) is 3.78. The van der Waals surface area contributed by atoms with Crippen molar-refractivity contribution in [2.75, 3.05) is 0 Å². The first-order valence-electron chi connectivity index (χ1n) is 5.18. The van der Waals surface area contributed by atoms with Crippen molar-refractivity contribution in [2.45, 2.75) is 32.2 Å². The molecule has 1 aromatic rings. The lowest BCUT2D eigenvalue weighted by molar-refractivity contribution is -0.121. The first kappa shape index (κ1) is 9.25. The highest BCUT2D eigenvalue weighted by molar-refractivity contribution is 5.81. The van der Waals surface area contributed by atoms with Crippen molar-refractivity contribution in [3.8, 4) is 0 Å². The lowest BCUT2D eigenvalue weighted by Crippen LogP contribution is -2.35. The average molecular weight is 189 g/mol. The van der Waals surface area contributed by atoms with E-state index < -0.39 is 0 Å². The van der Waals surface area contributed by atoms with Crippen molar-refractivity contribution < 1.29 is 4.79 Å². The molecule has 0 aromatic heterocycles. The summed E-state index contributed by atoms with van der Waals surface area (Å²) in [5.41, 5.74) is 2.49. The van der Waals surface area contributed by atoms with Crippen LogP contribution in [0.25, 0.3) is 0 Å². The quantitative estimate of drug-likeness (QED) is 0.759. The van der Waals surface area contributed by atoms with Crippen molar-refractivity contribution in [1.82, 2.24) is 5.32 Å². The van der Waals surface area contributed by atoms with Crippen LogP contribution in [0.1, 0.15) is 36.9 Å². The summed E-state index contributed by atoms with van der Waals surface area (Å²) in [5, 5.41) is 3.03. The van der Waals surface area contributed by atoms with Crippen LogP contribution >= 0.6 is 0 Å². The Morgan fingerprint density at radius 1 is 1.43 bits per heavy atom. The molecule has 1 atom stereocenters. The normalized spacial score (nSPS) is 20.1. The smallest absolute Gasteiger partial charge is 0.224 e. The lowest BCUT2D eigenvalue weighted by Gasteiger charge is -2.26. The summed E-state index contributed by atoms with van der Waals surface area (Å²) in [4.78, 5) is 11.4. The summed E-state index contributed by atoms with van der Waals surface area (Å²) >= 11 is 0. The third-order valence-electron chi connectivity index (χ3n) is 2.69. The van der Waals surface area contributed by atoms with Gasteiger partial charge in [-0.05, 0) is 17.5 Å². The van der Waals surface area contributed by atoms with Gasteiger partial charge in [0.05, 0.1) is 12.5 Å². The summed E-state index contributed by atoms with van der Waals surface area (Å²) < 4.78 is 0. The molecule has 1 N–H and O–H groups in total. The van der Waals surface area contributed by atoms with Crippen LogP contribution in [0.4, 0.5) is 0 Å². The van der Waals surface area contributed by atoms with Gasteiger partial charge in [-0.3, -0.25) is 4.79 Å². The number of fused-ring (bicyclic) bond motifs is 1. The highest BCUT2D eigenvalue weighted by Crippen LogP contribution is 2.26. The second kappa shape index (κ2) is 3.82. The molecule has 1 heterocycles. The molecule has 1 amide bonds. The Morgan fingerprint density at radius 3 is 3.00 bits per heavy atom. The second-order valence-corrected chi connectivity index (χ2v) is 3.78. The zero-order chi connectivity index (χ0) is 9.97. The van der Waals surface area contributed by atoms with Gasteiger partial charge in [0.15, 0.2) is 0 Å². The zero-order valence-electron chi connectivity index (χ0n) is 8.42. The van der Waals surface area contributed by atoms with Crippen molar-refractivity contribution in [2.24, 2.45) is 0 Å². The molecule has 1 aliphatic heterocycles. The predicted octanol–water partition coefficient (Wildman–Crippen LogP) is 2.20. The molecule has 2 heteroatoms.